The van der Waals surface area contributed by atoms with Crippen molar-refractivity contribution in [1.29, 1.82) is 0 Å². The van der Waals surface area contributed by atoms with E-state index in [9.17, 15) is 9.36 Å². The number of carbonyl (C=O) groups is 1. The molecule has 2 saturated heterocycles. The van der Waals surface area contributed by atoms with Crippen LogP contribution in [0.5, 0.6) is 0 Å². The summed E-state index contributed by atoms with van der Waals surface area (Å²) in [6.45, 7) is 3.09. The quantitative estimate of drug-likeness (QED) is 0.368. The minimum absolute atomic E-state index is 0.366. The molecular formula is C21H23N4O9P. The zero-order chi connectivity index (χ0) is 25.0. The monoisotopic (exact) mass is 506 g/mol. The number of fused-ring (bicyclic) bond motifs is 2. The number of rotatable bonds is 6. The van der Waals surface area contributed by atoms with Gasteiger partial charge in [-0.1, -0.05) is 12.1 Å². The van der Waals surface area contributed by atoms with Gasteiger partial charge in [0.1, 0.15) is 35.8 Å². The fourth-order valence-corrected chi connectivity index (χ4v) is 4.69. The highest BCUT2D eigenvalue weighted by Gasteiger charge is 2.56. The molecule has 4 heterocycles. The molecule has 186 valence electrons. The van der Waals surface area contributed by atoms with Crippen molar-refractivity contribution in [2.75, 3.05) is 13.7 Å². The number of imidazole rings is 1. The summed E-state index contributed by atoms with van der Waals surface area (Å²) in [6, 6.07) is 6.80. The fraction of sp³-hybridized carbons (Fsp3) is 0.429. The van der Waals surface area contributed by atoms with Crippen LogP contribution in [0.25, 0.3) is 22.4 Å². The lowest BCUT2D eigenvalue weighted by Gasteiger charge is -2.24. The van der Waals surface area contributed by atoms with Crippen LogP contribution in [0.3, 0.4) is 0 Å². The fourth-order valence-electron chi connectivity index (χ4n) is 4.35. The number of benzene rings is 1. The number of methoxy groups -OCH3 is 1. The molecule has 13 nitrogen and oxygen atoms in total. The maximum Gasteiger partial charge on any atom is 0.469 e. The van der Waals surface area contributed by atoms with Crippen molar-refractivity contribution in [3.05, 3.63) is 42.5 Å². The molecule has 0 radical (unpaired) electrons. The van der Waals surface area contributed by atoms with Crippen molar-refractivity contribution in [2.24, 2.45) is 0 Å². The summed E-state index contributed by atoms with van der Waals surface area (Å²) in [5.41, 5.74) is 2.41. The first-order valence-corrected chi connectivity index (χ1v) is 12.2. The Balaban J connectivity index is 1.51. The highest BCUT2D eigenvalue weighted by Crippen LogP contribution is 2.45. The normalized spacial score (nSPS) is 25.6. The molecule has 3 aromatic rings. The van der Waals surface area contributed by atoms with Gasteiger partial charge in [0.25, 0.3) is 0 Å². The van der Waals surface area contributed by atoms with Crippen molar-refractivity contribution in [3.8, 4) is 11.3 Å². The first kappa shape index (κ1) is 23.9. The number of esters is 1. The van der Waals surface area contributed by atoms with Crippen LogP contribution in [0.2, 0.25) is 0 Å². The van der Waals surface area contributed by atoms with Crippen molar-refractivity contribution >= 4 is 25.0 Å². The Morgan fingerprint density at radius 1 is 1.20 bits per heavy atom. The van der Waals surface area contributed by atoms with Crippen LogP contribution in [0.1, 0.15) is 30.4 Å². The third-order valence-electron chi connectivity index (χ3n) is 5.72. The van der Waals surface area contributed by atoms with Gasteiger partial charge in [-0.2, -0.15) is 0 Å². The molecule has 2 aliphatic heterocycles. The maximum absolute atomic E-state index is 12.0. The summed E-state index contributed by atoms with van der Waals surface area (Å²) in [6.07, 6.45) is 0.0645. The van der Waals surface area contributed by atoms with Gasteiger partial charge in [0.05, 0.1) is 25.6 Å². The van der Waals surface area contributed by atoms with Crippen LogP contribution >= 0.6 is 7.82 Å². The predicted octanol–water partition coefficient (Wildman–Crippen LogP) is 1.81. The number of hydrogen-bond donors (Lipinski definition) is 2. The van der Waals surface area contributed by atoms with Gasteiger partial charge in [-0.3, -0.25) is 9.09 Å². The van der Waals surface area contributed by atoms with E-state index < -0.39 is 50.7 Å². The van der Waals surface area contributed by atoms with E-state index in [1.807, 2.05) is 0 Å². The molecule has 0 unspecified atom stereocenters. The van der Waals surface area contributed by atoms with E-state index in [1.165, 1.54) is 19.8 Å². The molecule has 0 spiro atoms. The van der Waals surface area contributed by atoms with Gasteiger partial charge in [-0.25, -0.2) is 24.3 Å². The number of hydrogen-bond acceptors (Lipinski definition) is 10. The highest BCUT2D eigenvalue weighted by atomic mass is 31.2. The summed E-state index contributed by atoms with van der Waals surface area (Å²) in [5.74, 6) is -1.42. The van der Waals surface area contributed by atoms with E-state index in [-0.39, 0.29) is 0 Å². The second kappa shape index (κ2) is 8.71. The molecule has 4 atom stereocenters. The molecular weight excluding hydrogens is 483 g/mol. The smallest absolute Gasteiger partial charge is 0.465 e. The standard InChI is InChI=1S/C21H23N4O9P/c1-21(2)33-16-13(8-31-35(27,28)29)32-19(17(16)34-21)25-10-24-15-14(22-9-23-18(15)25)11-5-4-6-12(7-11)20(26)30-3/h4-7,9-10,13,16-17,19H,8H2,1-3H3,(H2,27,28,29)/t13-,16-,17-,19-/m1/s1. The minimum atomic E-state index is -4.71. The maximum atomic E-state index is 12.0. The summed E-state index contributed by atoms with van der Waals surface area (Å²) in [7, 11) is -3.40. The molecule has 2 aliphatic rings. The third-order valence-corrected chi connectivity index (χ3v) is 6.21. The van der Waals surface area contributed by atoms with E-state index in [0.29, 0.717) is 28.0 Å². The van der Waals surface area contributed by atoms with Gasteiger partial charge >= 0.3 is 13.8 Å². The molecule has 2 aromatic heterocycles. The van der Waals surface area contributed by atoms with Crippen molar-refractivity contribution in [3.63, 3.8) is 0 Å². The van der Waals surface area contributed by atoms with Gasteiger partial charge in [0.2, 0.25) is 0 Å². The molecule has 0 bridgehead atoms. The first-order chi connectivity index (χ1) is 16.6. The minimum Gasteiger partial charge on any atom is -0.465 e. The number of ether oxygens (including phenoxy) is 4. The van der Waals surface area contributed by atoms with Crippen molar-refractivity contribution in [1.82, 2.24) is 19.5 Å². The Morgan fingerprint density at radius 3 is 2.71 bits per heavy atom. The van der Waals surface area contributed by atoms with Crippen molar-refractivity contribution in [2.45, 2.75) is 44.2 Å². The molecule has 2 N–H and O–H groups in total. The zero-order valence-electron chi connectivity index (χ0n) is 19.0. The van der Waals surface area contributed by atoms with Gasteiger partial charge < -0.3 is 28.7 Å². The van der Waals surface area contributed by atoms with Gasteiger partial charge in [0.15, 0.2) is 17.7 Å². The van der Waals surface area contributed by atoms with Crippen LogP contribution in [0, 0.1) is 0 Å². The summed E-state index contributed by atoms with van der Waals surface area (Å²) in [4.78, 5) is 43.4. The van der Waals surface area contributed by atoms with Crippen LogP contribution in [0.15, 0.2) is 36.9 Å². The lowest BCUT2D eigenvalue weighted by molar-refractivity contribution is -0.199. The van der Waals surface area contributed by atoms with E-state index in [1.54, 1.807) is 42.7 Å². The molecule has 5 rings (SSSR count). The Morgan fingerprint density at radius 2 is 1.97 bits per heavy atom. The summed E-state index contributed by atoms with van der Waals surface area (Å²) >= 11 is 0. The number of phosphoric ester groups is 1. The molecule has 1 aromatic carbocycles. The van der Waals surface area contributed by atoms with Crippen molar-refractivity contribution < 1.29 is 42.6 Å². The molecule has 35 heavy (non-hydrogen) atoms. The Kier molecular flexibility index (Phi) is 5.96. The first-order valence-electron chi connectivity index (χ1n) is 10.6. The predicted molar refractivity (Wildman–Crippen MR) is 118 cm³/mol. The number of aromatic nitrogens is 4. The second-order valence-electron chi connectivity index (χ2n) is 8.53. The Hall–Kier alpha value is -2.77. The van der Waals surface area contributed by atoms with Crippen LogP contribution < -0.4 is 0 Å². The SMILES string of the molecule is COC(=O)c1cccc(-c2ncnc3c2ncn3[C@@H]2O[C@H](COP(=O)(O)O)[C@H]3OC(C)(C)O[C@H]32)c1. The number of carbonyl (C=O) groups excluding carboxylic acids is 1. The van der Waals surface area contributed by atoms with Gasteiger partial charge in [0, 0.05) is 5.56 Å². The van der Waals surface area contributed by atoms with E-state index >= 15 is 0 Å². The molecule has 0 amide bonds. The van der Waals surface area contributed by atoms with Crippen LogP contribution in [-0.2, 0) is 28.0 Å². The number of nitrogens with zero attached hydrogens (tertiary/aromatic N) is 4. The molecule has 14 heteroatoms. The van der Waals surface area contributed by atoms with Gasteiger partial charge in [-0.05, 0) is 26.0 Å². The largest absolute Gasteiger partial charge is 0.469 e. The van der Waals surface area contributed by atoms with Crippen LogP contribution in [-0.4, -0.2) is 73.1 Å². The molecule has 0 saturated carbocycles. The lowest BCUT2D eigenvalue weighted by atomic mass is 10.1. The Labute approximate surface area is 199 Å². The zero-order valence-corrected chi connectivity index (χ0v) is 19.9. The average molecular weight is 506 g/mol. The van der Waals surface area contributed by atoms with Gasteiger partial charge in [-0.15, -0.1) is 0 Å². The second-order valence-corrected chi connectivity index (χ2v) is 9.77. The van der Waals surface area contributed by atoms with E-state index in [2.05, 4.69) is 19.5 Å². The van der Waals surface area contributed by atoms with E-state index in [4.69, 9.17) is 28.7 Å². The summed E-state index contributed by atoms with van der Waals surface area (Å²) < 4.78 is 40.4. The molecule has 2 fully saturated rings. The summed E-state index contributed by atoms with van der Waals surface area (Å²) in [5, 5.41) is 0. The lowest BCUT2D eigenvalue weighted by Crippen LogP contribution is -2.32. The average Bonchev–Trinajstić information content (AvgIpc) is 3.47. The Bertz CT molecular complexity index is 1320. The number of phosphoric acid groups is 1. The van der Waals surface area contributed by atoms with Crippen LogP contribution in [0.4, 0.5) is 0 Å². The molecule has 0 aliphatic carbocycles. The topological polar surface area (TPSA) is 164 Å². The third kappa shape index (κ3) is 4.59. The highest BCUT2D eigenvalue weighted by molar-refractivity contribution is 7.46. The van der Waals surface area contributed by atoms with E-state index in [0.717, 1.165) is 0 Å².